The fraction of sp³-hybridized carbons (Fsp3) is 0.900. The molecule has 88 valence electrons. The predicted molar refractivity (Wildman–Crippen MR) is 56.5 cm³/mol. The highest BCUT2D eigenvalue weighted by Crippen LogP contribution is 2.17. The molecule has 1 unspecified atom stereocenters. The van der Waals surface area contributed by atoms with Gasteiger partial charge in [0.25, 0.3) is 5.91 Å². The molecular formula is C10H20N2O3. The van der Waals surface area contributed by atoms with Gasteiger partial charge in [0.15, 0.2) is 0 Å². The molecule has 0 aliphatic carbocycles. The van der Waals surface area contributed by atoms with Gasteiger partial charge in [-0.15, -0.1) is 0 Å². The quantitative estimate of drug-likeness (QED) is 0.697. The molecule has 2 N–H and O–H groups in total. The minimum atomic E-state index is -0.529. The molecule has 15 heavy (non-hydrogen) atoms. The molecule has 0 bridgehead atoms. The fourth-order valence-electron chi connectivity index (χ4n) is 1.71. The van der Waals surface area contributed by atoms with Gasteiger partial charge in [-0.25, -0.2) is 0 Å². The van der Waals surface area contributed by atoms with Crippen LogP contribution in [-0.2, 0) is 14.3 Å². The number of carbonyl (C=O) groups is 1. The van der Waals surface area contributed by atoms with Gasteiger partial charge >= 0.3 is 0 Å². The van der Waals surface area contributed by atoms with Crippen LogP contribution in [0.4, 0.5) is 0 Å². The van der Waals surface area contributed by atoms with E-state index < -0.39 is 6.10 Å². The van der Waals surface area contributed by atoms with E-state index in [4.69, 9.17) is 15.2 Å². The van der Waals surface area contributed by atoms with Crippen molar-refractivity contribution in [1.82, 2.24) is 4.90 Å². The molecule has 1 saturated heterocycles. The van der Waals surface area contributed by atoms with Gasteiger partial charge in [0.2, 0.25) is 0 Å². The Labute approximate surface area is 90.5 Å². The van der Waals surface area contributed by atoms with E-state index in [1.54, 1.807) is 4.90 Å². The fourth-order valence-corrected chi connectivity index (χ4v) is 1.71. The first-order chi connectivity index (χ1) is 7.00. The minimum Gasteiger partial charge on any atom is -0.372 e. The Morgan fingerprint density at radius 3 is 2.80 bits per heavy atom. The lowest BCUT2D eigenvalue weighted by molar-refractivity contribution is -0.155. The van der Waals surface area contributed by atoms with Crippen molar-refractivity contribution >= 4 is 5.91 Å². The molecule has 0 aromatic carbocycles. The summed E-state index contributed by atoms with van der Waals surface area (Å²) in [6.07, 6.45) is -0.529. The molecule has 5 nitrogen and oxygen atoms in total. The zero-order valence-corrected chi connectivity index (χ0v) is 9.66. The standard InChI is InChI=1S/C10H20N2O3/c1-10(2)7-12(4-5-15-10)9(13)8(6-11)14-3/h8H,4-7,11H2,1-3H3. The maximum absolute atomic E-state index is 11.9. The Morgan fingerprint density at radius 2 is 2.33 bits per heavy atom. The normalized spacial score (nSPS) is 22.5. The number of nitrogens with two attached hydrogens (primary N) is 1. The molecule has 0 spiro atoms. The minimum absolute atomic E-state index is 0.0450. The first-order valence-corrected chi connectivity index (χ1v) is 5.16. The van der Waals surface area contributed by atoms with Gasteiger partial charge in [0.1, 0.15) is 6.10 Å². The third-order valence-electron chi connectivity index (χ3n) is 2.51. The van der Waals surface area contributed by atoms with Crippen molar-refractivity contribution in [3.05, 3.63) is 0 Å². The number of hydrogen-bond acceptors (Lipinski definition) is 4. The number of rotatable bonds is 3. The van der Waals surface area contributed by atoms with E-state index >= 15 is 0 Å². The number of carbonyl (C=O) groups excluding carboxylic acids is 1. The molecule has 1 amide bonds. The molecule has 1 aliphatic rings. The summed E-state index contributed by atoms with van der Waals surface area (Å²) in [6.45, 7) is 5.92. The van der Waals surface area contributed by atoms with Crippen molar-refractivity contribution in [2.45, 2.75) is 25.6 Å². The van der Waals surface area contributed by atoms with Crippen LogP contribution in [-0.4, -0.2) is 55.9 Å². The molecule has 0 saturated carbocycles. The van der Waals surface area contributed by atoms with Crippen LogP contribution in [0.2, 0.25) is 0 Å². The second kappa shape index (κ2) is 4.92. The van der Waals surface area contributed by atoms with E-state index in [9.17, 15) is 4.79 Å². The molecule has 5 heteroatoms. The van der Waals surface area contributed by atoms with Crippen molar-refractivity contribution in [2.75, 3.05) is 33.4 Å². The van der Waals surface area contributed by atoms with Crippen LogP contribution in [0.1, 0.15) is 13.8 Å². The number of methoxy groups -OCH3 is 1. The van der Waals surface area contributed by atoms with Crippen molar-refractivity contribution in [1.29, 1.82) is 0 Å². The second-order valence-corrected chi connectivity index (χ2v) is 4.33. The van der Waals surface area contributed by atoms with Crippen LogP contribution < -0.4 is 5.73 Å². The average molecular weight is 216 g/mol. The van der Waals surface area contributed by atoms with E-state index in [1.165, 1.54) is 7.11 Å². The maximum atomic E-state index is 11.9. The Balaban J connectivity index is 2.59. The van der Waals surface area contributed by atoms with Crippen molar-refractivity contribution in [2.24, 2.45) is 5.73 Å². The van der Waals surface area contributed by atoms with Crippen molar-refractivity contribution in [3.8, 4) is 0 Å². The van der Waals surface area contributed by atoms with E-state index in [-0.39, 0.29) is 18.1 Å². The Hall–Kier alpha value is -0.650. The number of nitrogens with zero attached hydrogens (tertiary/aromatic N) is 1. The Morgan fingerprint density at radius 1 is 1.67 bits per heavy atom. The molecule has 1 atom stereocenters. The summed E-state index contributed by atoms with van der Waals surface area (Å²) in [7, 11) is 1.50. The third-order valence-corrected chi connectivity index (χ3v) is 2.51. The first-order valence-electron chi connectivity index (χ1n) is 5.16. The largest absolute Gasteiger partial charge is 0.372 e. The highest BCUT2D eigenvalue weighted by molar-refractivity contribution is 5.81. The van der Waals surface area contributed by atoms with Gasteiger partial charge in [0, 0.05) is 26.7 Å². The van der Waals surface area contributed by atoms with Gasteiger partial charge in [-0.2, -0.15) is 0 Å². The maximum Gasteiger partial charge on any atom is 0.253 e. The van der Waals surface area contributed by atoms with Crippen molar-refractivity contribution in [3.63, 3.8) is 0 Å². The highest BCUT2D eigenvalue weighted by Gasteiger charge is 2.32. The number of hydrogen-bond donors (Lipinski definition) is 1. The second-order valence-electron chi connectivity index (χ2n) is 4.33. The molecule has 1 fully saturated rings. The highest BCUT2D eigenvalue weighted by atomic mass is 16.5. The predicted octanol–water partition coefficient (Wildman–Crippen LogP) is -0.402. The molecule has 1 aliphatic heterocycles. The lowest BCUT2D eigenvalue weighted by Gasteiger charge is -2.39. The monoisotopic (exact) mass is 216 g/mol. The summed E-state index contributed by atoms with van der Waals surface area (Å²) < 4.78 is 10.6. The summed E-state index contributed by atoms with van der Waals surface area (Å²) in [4.78, 5) is 13.7. The van der Waals surface area contributed by atoms with Gasteiger partial charge < -0.3 is 20.1 Å². The number of amides is 1. The van der Waals surface area contributed by atoms with Gasteiger partial charge in [-0.1, -0.05) is 0 Å². The average Bonchev–Trinajstić information content (AvgIpc) is 2.18. The van der Waals surface area contributed by atoms with Crippen molar-refractivity contribution < 1.29 is 14.3 Å². The first kappa shape index (κ1) is 12.4. The van der Waals surface area contributed by atoms with Crippen LogP contribution in [0, 0.1) is 0 Å². The smallest absolute Gasteiger partial charge is 0.253 e. The van der Waals surface area contributed by atoms with Gasteiger partial charge in [-0.05, 0) is 13.8 Å². The number of morpholine rings is 1. The van der Waals surface area contributed by atoms with Crippen LogP contribution in [0.15, 0.2) is 0 Å². The van der Waals surface area contributed by atoms with Crippen LogP contribution in [0.5, 0.6) is 0 Å². The van der Waals surface area contributed by atoms with E-state index in [0.717, 1.165) is 0 Å². The molecule has 0 radical (unpaired) electrons. The topological polar surface area (TPSA) is 64.8 Å². The molecule has 0 aromatic rings. The summed E-state index contributed by atoms with van der Waals surface area (Å²) in [5, 5.41) is 0. The van der Waals surface area contributed by atoms with Crippen LogP contribution >= 0.6 is 0 Å². The SMILES string of the molecule is COC(CN)C(=O)N1CCOC(C)(C)C1. The van der Waals surface area contributed by atoms with Crippen LogP contribution in [0.25, 0.3) is 0 Å². The van der Waals surface area contributed by atoms with E-state index in [1.807, 2.05) is 13.8 Å². The Bertz CT molecular complexity index is 227. The van der Waals surface area contributed by atoms with Crippen LogP contribution in [0.3, 0.4) is 0 Å². The zero-order valence-electron chi connectivity index (χ0n) is 9.66. The Kier molecular flexibility index (Phi) is 4.07. The summed E-state index contributed by atoms with van der Waals surface area (Å²) in [6, 6.07) is 0. The van der Waals surface area contributed by atoms with Gasteiger partial charge in [0.05, 0.1) is 12.2 Å². The lowest BCUT2D eigenvalue weighted by atomic mass is 10.1. The summed E-state index contributed by atoms with van der Waals surface area (Å²) in [5.41, 5.74) is 5.18. The lowest BCUT2D eigenvalue weighted by Crippen LogP contribution is -2.54. The van der Waals surface area contributed by atoms with Gasteiger partial charge in [-0.3, -0.25) is 4.79 Å². The summed E-state index contributed by atoms with van der Waals surface area (Å²) in [5.74, 6) is -0.0450. The van der Waals surface area contributed by atoms with E-state index in [2.05, 4.69) is 0 Å². The molecule has 1 rings (SSSR count). The number of ether oxygens (including phenoxy) is 2. The van der Waals surface area contributed by atoms with E-state index in [0.29, 0.717) is 19.7 Å². The third kappa shape index (κ3) is 3.15. The molecular weight excluding hydrogens is 196 g/mol. The molecule has 0 aromatic heterocycles. The zero-order chi connectivity index (χ0) is 11.5. The molecule has 1 heterocycles. The summed E-state index contributed by atoms with van der Waals surface area (Å²) >= 11 is 0.